The van der Waals surface area contributed by atoms with E-state index in [2.05, 4.69) is 12.2 Å². The Bertz CT molecular complexity index is 238. The van der Waals surface area contributed by atoms with E-state index in [-0.39, 0.29) is 6.03 Å². The first-order chi connectivity index (χ1) is 7.22. The Morgan fingerprint density at radius 1 is 1.53 bits per heavy atom. The lowest BCUT2D eigenvalue weighted by atomic mass is 10.2. The maximum atomic E-state index is 11.9. The zero-order chi connectivity index (χ0) is 10.8. The second-order valence-corrected chi connectivity index (χ2v) is 4.65. The molecule has 2 rings (SSSR count). The van der Waals surface area contributed by atoms with Gasteiger partial charge in [-0.15, -0.1) is 0 Å². The van der Waals surface area contributed by atoms with Crippen molar-refractivity contribution in [2.24, 2.45) is 0 Å². The van der Waals surface area contributed by atoms with Gasteiger partial charge in [-0.1, -0.05) is 6.92 Å². The van der Waals surface area contributed by atoms with Gasteiger partial charge < -0.3 is 15.1 Å². The van der Waals surface area contributed by atoms with Crippen molar-refractivity contribution in [1.82, 2.24) is 15.1 Å². The Morgan fingerprint density at radius 3 is 2.87 bits per heavy atom. The fraction of sp³-hybridized carbons (Fsp3) is 0.909. The second kappa shape index (κ2) is 4.39. The number of hydrogen-bond donors (Lipinski definition) is 1. The maximum Gasteiger partial charge on any atom is 0.320 e. The fourth-order valence-electron chi connectivity index (χ4n) is 2.57. The maximum absolute atomic E-state index is 11.9. The molecule has 15 heavy (non-hydrogen) atoms. The van der Waals surface area contributed by atoms with Crippen molar-refractivity contribution in [3.63, 3.8) is 0 Å². The number of nitrogens with one attached hydrogen (secondary N) is 1. The quantitative estimate of drug-likeness (QED) is 0.752. The van der Waals surface area contributed by atoms with Crippen LogP contribution in [0.15, 0.2) is 0 Å². The molecule has 2 aliphatic heterocycles. The highest BCUT2D eigenvalue weighted by Crippen LogP contribution is 2.18. The first-order valence-electron chi connectivity index (χ1n) is 5.97. The number of rotatable bonds is 3. The van der Waals surface area contributed by atoms with Gasteiger partial charge >= 0.3 is 6.03 Å². The molecule has 0 aromatic rings. The molecule has 2 fully saturated rings. The molecule has 1 N–H and O–H groups in total. The van der Waals surface area contributed by atoms with E-state index >= 15 is 0 Å². The minimum atomic E-state index is 0.204. The van der Waals surface area contributed by atoms with Crippen LogP contribution in [-0.4, -0.2) is 54.6 Å². The first kappa shape index (κ1) is 10.7. The third kappa shape index (κ3) is 2.09. The Hall–Kier alpha value is -0.770. The summed E-state index contributed by atoms with van der Waals surface area (Å²) in [7, 11) is 1.92. The summed E-state index contributed by atoms with van der Waals surface area (Å²) in [5.41, 5.74) is 0. The van der Waals surface area contributed by atoms with E-state index in [9.17, 15) is 4.79 Å². The fourth-order valence-corrected chi connectivity index (χ4v) is 2.57. The monoisotopic (exact) mass is 211 g/mol. The lowest BCUT2D eigenvalue weighted by Gasteiger charge is -2.20. The zero-order valence-electron chi connectivity index (χ0n) is 9.70. The van der Waals surface area contributed by atoms with E-state index in [0.717, 1.165) is 26.1 Å². The smallest absolute Gasteiger partial charge is 0.320 e. The second-order valence-electron chi connectivity index (χ2n) is 4.65. The highest BCUT2D eigenvalue weighted by atomic mass is 16.2. The molecule has 0 aliphatic carbocycles. The van der Waals surface area contributed by atoms with Gasteiger partial charge in [0.15, 0.2) is 0 Å². The van der Waals surface area contributed by atoms with Crippen LogP contribution in [0.25, 0.3) is 0 Å². The topological polar surface area (TPSA) is 35.6 Å². The van der Waals surface area contributed by atoms with Crippen molar-refractivity contribution in [1.29, 1.82) is 0 Å². The molecule has 0 radical (unpaired) electrons. The van der Waals surface area contributed by atoms with Gasteiger partial charge in [-0.2, -0.15) is 0 Å². The minimum Gasteiger partial charge on any atom is -0.323 e. The molecule has 2 heterocycles. The van der Waals surface area contributed by atoms with Gasteiger partial charge in [-0.3, -0.25) is 0 Å². The largest absolute Gasteiger partial charge is 0.323 e. The molecular weight excluding hydrogens is 190 g/mol. The molecule has 0 aromatic heterocycles. The number of urea groups is 1. The van der Waals surface area contributed by atoms with E-state index in [1.54, 1.807) is 0 Å². The molecular formula is C11H21N3O. The summed E-state index contributed by atoms with van der Waals surface area (Å²) in [6.45, 7) is 5.05. The lowest BCUT2D eigenvalue weighted by molar-refractivity contribution is 0.192. The van der Waals surface area contributed by atoms with Crippen molar-refractivity contribution < 1.29 is 4.79 Å². The highest BCUT2D eigenvalue weighted by Gasteiger charge is 2.34. The number of carbonyl (C=O) groups is 1. The number of nitrogens with zero attached hydrogens (tertiary/aromatic N) is 2. The summed E-state index contributed by atoms with van der Waals surface area (Å²) in [5.74, 6) is 0. The third-order valence-corrected chi connectivity index (χ3v) is 3.63. The Labute approximate surface area is 91.6 Å². The van der Waals surface area contributed by atoms with Crippen LogP contribution in [0.1, 0.15) is 26.2 Å². The SMILES string of the molecule is CCC1CN(CC2CCCN2)C(=O)N1C. The van der Waals surface area contributed by atoms with Crippen LogP contribution < -0.4 is 5.32 Å². The van der Waals surface area contributed by atoms with Gasteiger partial charge in [0, 0.05) is 26.2 Å². The lowest BCUT2D eigenvalue weighted by Crippen LogP contribution is -2.39. The molecule has 86 valence electrons. The summed E-state index contributed by atoms with van der Waals surface area (Å²) in [6, 6.07) is 1.15. The summed E-state index contributed by atoms with van der Waals surface area (Å²) < 4.78 is 0. The van der Waals surface area contributed by atoms with Crippen molar-refractivity contribution in [3.8, 4) is 0 Å². The number of amides is 2. The van der Waals surface area contributed by atoms with Crippen LogP contribution in [0.3, 0.4) is 0 Å². The Balaban J connectivity index is 1.90. The Morgan fingerprint density at radius 2 is 2.33 bits per heavy atom. The van der Waals surface area contributed by atoms with Gasteiger partial charge in [-0.05, 0) is 25.8 Å². The molecule has 2 unspecified atom stereocenters. The van der Waals surface area contributed by atoms with Gasteiger partial charge in [0.2, 0.25) is 0 Å². The average Bonchev–Trinajstić information content (AvgIpc) is 2.82. The van der Waals surface area contributed by atoms with Crippen LogP contribution in [0.2, 0.25) is 0 Å². The van der Waals surface area contributed by atoms with E-state index in [4.69, 9.17) is 0 Å². The minimum absolute atomic E-state index is 0.204. The molecule has 2 saturated heterocycles. The predicted molar refractivity (Wildman–Crippen MR) is 59.8 cm³/mol. The normalized spacial score (nSPS) is 31.7. The number of likely N-dealkylation sites (N-methyl/N-ethyl adjacent to an activating group) is 1. The van der Waals surface area contributed by atoms with Crippen LogP contribution in [-0.2, 0) is 0 Å². The molecule has 2 aliphatic rings. The summed E-state index contributed by atoms with van der Waals surface area (Å²) in [6.07, 6.45) is 3.51. The van der Waals surface area contributed by atoms with Crippen LogP contribution >= 0.6 is 0 Å². The van der Waals surface area contributed by atoms with Gasteiger partial charge in [0.1, 0.15) is 0 Å². The first-order valence-corrected chi connectivity index (χ1v) is 5.97. The van der Waals surface area contributed by atoms with Gasteiger partial charge in [0.05, 0.1) is 6.04 Å². The van der Waals surface area contributed by atoms with E-state index in [1.807, 2.05) is 16.8 Å². The van der Waals surface area contributed by atoms with E-state index in [1.165, 1.54) is 12.8 Å². The summed E-state index contributed by atoms with van der Waals surface area (Å²) in [4.78, 5) is 15.8. The van der Waals surface area contributed by atoms with Crippen molar-refractivity contribution in [3.05, 3.63) is 0 Å². The number of carbonyl (C=O) groups excluding carboxylic acids is 1. The standard InChI is InChI=1S/C11H21N3O/c1-3-10-8-14(11(15)13(10)2)7-9-5-4-6-12-9/h9-10,12H,3-8H2,1-2H3. The molecule has 0 saturated carbocycles. The number of hydrogen-bond acceptors (Lipinski definition) is 2. The summed E-state index contributed by atoms with van der Waals surface area (Å²) >= 11 is 0. The predicted octanol–water partition coefficient (Wildman–Crippen LogP) is 0.884. The Kier molecular flexibility index (Phi) is 3.14. The molecule has 0 spiro atoms. The van der Waals surface area contributed by atoms with Crippen LogP contribution in [0.4, 0.5) is 4.79 Å². The molecule has 4 heteroatoms. The third-order valence-electron chi connectivity index (χ3n) is 3.63. The van der Waals surface area contributed by atoms with Crippen molar-refractivity contribution >= 4 is 6.03 Å². The molecule has 2 amide bonds. The zero-order valence-corrected chi connectivity index (χ0v) is 9.70. The molecule has 0 aromatic carbocycles. The molecule has 0 bridgehead atoms. The molecule has 2 atom stereocenters. The van der Waals surface area contributed by atoms with E-state index < -0.39 is 0 Å². The van der Waals surface area contributed by atoms with Gasteiger partial charge in [0.25, 0.3) is 0 Å². The highest BCUT2D eigenvalue weighted by molar-refractivity contribution is 5.76. The van der Waals surface area contributed by atoms with Crippen LogP contribution in [0, 0.1) is 0 Å². The molecule has 4 nitrogen and oxygen atoms in total. The van der Waals surface area contributed by atoms with E-state index in [0.29, 0.717) is 12.1 Å². The van der Waals surface area contributed by atoms with Crippen molar-refractivity contribution in [2.45, 2.75) is 38.3 Å². The van der Waals surface area contributed by atoms with Crippen molar-refractivity contribution in [2.75, 3.05) is 26.7 Å². The van der Waals surface area contributed by atoms with Crippen LogP contribution in [0.5, 0.6) is 0 Å². The average molecular weight is 211 g/mol. The summed E-state index contributed by atoms with van der Waals surface area (Å²) in [5, 5.41) is 3.44. The van der Waals surface area contributed by atoms with Gasteiger partial charge in [-0.25, -0.2) is 4.79 Å².